The summed E-state index contributed by atoms with van der Waals surface area (Å²) in [6.07, 6.45) is 3.39. The molecule has 116 valence electrons. The van der Waals surface area contributed by atoms with Crippen LogP contribution < -0.4 is 10.1 Å². The van der Waals surface area contributed by atoms with Crippen LogP contribution in [0.25, 0.3) is 11.3 Å². The molecule has 3 aromatic rings. The summed E-state index contributed by atoms with van der Waals surface area (Å²) in [5, 5.41) is 2.81. The lowest BCUT2D eigenvalue weighted by Crippen LogP contribution is -2.20. The van der Waals surface area contributed by atoms with E-state index in [1.807, 2.05) is 55.5 Å². The molecule has 0 saturated heterocycles. The molecule has 0 atom stereocenters. The van der Waals surface area contributed by atoms with E-state index in [0.717, 1.165) is 22.5 Å². The van der Waals surface area contributed by atoms with Crippen LogP contribution in [0.2, 0.25) is 0 Å². The first-order valence-electron chi connectivity index (χ1n) is 7.29. The van der Waals surface area contributed by atoms with E-state index in [1.54, 1.807) is 12.5 Å². The number of benzene rings is 2. The van der Waals surface area contributed by atoms with Crippen molar-refractivity contribution in [2.75, 3.05) is 11.9 Å². The molecule has 5 nitrogen and oxygen atoms in total. The highest BCUT2D eigenvalue weighted by atomic mass is 16.5. The van der Waals surface area contributed by atoms with Gasteiger partial charge in [0, 0.05) is 5.69 Å². The van der Waals surface area contributed by atoms with Gasteiger partial charge >= 0.3 is 0 Å². The number of aromatic amines is 1. The first-order valence-corrected chi connectivity index (χ1v) is 7.29. The zero-order valence-electron chi connectivity index (χ0n) is 12.7. The molecule has 2 aromatic carbocycles. The highest BCUT2D eigenvalue weighted by molar-refractivity contribution is 5.92. The first-order chi connectivity index (χ1) is 11.2. The number of ether oxygens (including phenoxy) is 1. The molecular weight excluding hydrogens is 290 g/mol. The Morgan fingerprint density at radius 3 is 2.52 bits per heavy atom. The molecular formula is C18H17N3O2. The largest absolute Gasteiger partial charge is 0.484 e. The predicted molar refractivity (Wildman–Crippen MR) is 89.3 cm³/mol. The Morgan fingerprint density at radius 1 is 1.13 bits per heavy atom. The van der Waals surface area contributed by atoms with Gasteiger partial charge in [0.2, 0.25) is 0 Å². The summed E-state index contributed by atoms with van der Waals surface area (Å²) in [5.41, 5.74) is 3.83. The van der Waals surface area contributed by atoms with Gasteiger partial charge in [0.25, 0.3) is 5.91 Å². The van der Waals surface area contributed by atoms with Gasteiger partial charge in [0.15, 0.2) is 6.61 Å². The molecule has 3 rings (SSSR count). The van der Waals surface area contributed by atoms with E-state index in [9.17, 15) is 4.79 Å². The van der Waals surface area contributed by atoms with Crippen molar-refractivity contribution >= 4 is 11.6 Å². The van der Waals surface area contributed by atoms with Crippen LogP contribution in [0, 0.1) is 6.92 Å². The van der Waals surface area contributed by atoms with E-state index < -0.39 is 0 Å². The predicted octanol–water partition coefficient (Wildman–Crippen LogP) is 3.40. The number of H-pyrrole nitrogens is 1. The summed E-state index contributed by atoms with van der Waals surface area (Å²) in [4.78, 5) is 18.9. The second kappa shape index (κ2) is 6.79. The molecule has 5 heteroatoms. The number of amides is 1. The number of anilines is 1. The van der Waals surface area contributed by atoms with Crippen molar-refractivity contribution in [3.05, 3.63) is 66.6 Å². The fourth-order valence-electron chi connectivity index (χ4n) is 2.13. The number of carbonyl (C=O) groups excluding carboxylic acids is 1. The van der Waals surface area contributed by atoms with Crippen LogP contribution in [0.4, 0.5) is 5.69 Å². The lowest BCUT2D eigenvalue weighted by molar-refractivity contribution is -0.118. The molecule has 0 saturated carbocycles. The van der Waals surface area contributed by atoms with Crippen molar-refractivity contribution in [2.45, 2.75) is 6.92 Å². The summed E-state index contributed by atoms with van der Waals surface area (Å²) < 4.78 is 5.45. The highest BCUT2D eigenvalue weighted by Gasteiger charge is 2.05. The minimum Gasteiger partial charge on any atom is -0.484 e. The molecule has 0 fully saturated rings. The van der Waals surface area contributed by atoms with E-state index in [0.29, 0.717) is 5.75 Å². The molecule has 0 radical (unpaired) electrons. The summed E-state index contributed by atoms with van der Waals surface area (Å²) in [7, 11) is 0. The maximum Gasteiger partial charge on any atom is 0.262 e. The smallest absolute Gasteiger partial charge is 0.262 e. The van der Waals surface area contributed by atoms with Crippen LogP contribution in [0.1, 0.15) is 5.56 Å². The highest BCUT2D eigenvalue weighted by Crippen LogP contribution is 2.18. The molecule has 0 aliphatic rings. The van der Waals surface area contributed by atoms with Gasteiger partial charge < -0.3 is 15.0 Å². The quantitative estimate of drug-likeness (QED) is 0.759. The van der Waals surface area contributed by atoms with E-state index in [4.69, 9.17) is 4.74 Å². The van der Waals surface area contributed by atoms with Gasteiger partial charge in [-0.1, -0.05) is 29.8 Å². The lowest BCUT2D eigenvalue weighted by Gasteiger charge is -2.08. The maximum absolute atomic E-state index is 11.9. The van der Waals surface area contributed by atoms with Crippen LogP contribution in [0.5, 0.6) is 5.75 Å². The van der Waals surface area contributed by atoms with Gasteiger partial charge in [-0.2, -0.15) is 0 Å². The number of aryl methyl sites for hydroxylation is 1. The van der Waals surface area contributed by atoms with Crippen molar-refractivity contribution in [1.82, 2.24) is 9.97 Å². The molecule has 0 spiro atoms. The van der Waals surface area contributed by atoms with Crippen LogP contribution in [-0.2, 0) is 4.79 Å². The standard InChI is InChI=1S/C18H17N3O2/c1-13-2-8-16(9-3-13)23-11-18(22)21-15-6-4-14(5-7-15)17-10-19-12-20-17/h2-10,12H,11H2,1H3,(H,19,20)(H,21,22). The number of rotatable bonds is 5. The van der Waals surface area contributed by atoms with Crippen molar-refractivity contribution in [3.8, 4) is 17.0 Å². The van der Waals surface area contributed by atoms with Crippen LogP contribution >= 0.6 is 0 Å². The minimum absolute atomic E-state index is 0.0225. The fraction of sp³-hybridized carbons (Fsp3) is 0.111. The summed E-state index contributed by atoms with van der Waals surface area (Å²) >= 11 is 0. The summed E-state index contributed by atoms with van der Waals surface area (Å²) in [6, 6.07) is 15.1. The number of imidazole rings is 1. The second-order valence-corrected chi connectivity index (χ2v) is 5.19. The number of carbonyl (C=O) groups is 1. The second-order valence-electron chi connectivity index (χ2n) is 5.19. The van der Waals surface area contributed by atoms with Gasteiger partial charge in [0.05, 0.1) is 18.2 Å². The zero-order chi connectivity index (χ0) is 16.1. The third kappa shape index (κ3) is 3.97. The maximum atomic E-state index is 11.9. The topological polar surface area (TPSA) is 67.0 Å². The number of aromatic nitrogens is 2. The lowest BCUT2D eigenvalue weighted by atomic mass is 10.1. The Morgan fingerprint density at radius 2 is 1.87 bits per heavy atom. The van der Waals surface area contributed by atoms with E-state index in [-0.39, 0.29) is 12.5 Å². The average Bonchev–Trinajstić information content (AvgIpc) is 3.09. The number of hydrogen-bond donors (Lipinski definition) is 2. The number of hydrogen-bond acceptors (Lipinski definition) is 3. The molecule has 0 bridgehead atoms. The Balaban J connectivity index is 1.54. The molecule has 0 aliphatic heterocycles. The third-order valence-electron chi connectivity index (χ3n) is 3.37. The number of nitrogens with zero attached hydrogens (tertiary/aromatic N) is 1. The first kappa shape index (κ1) is 14.8. The Kier molecular flexibility index (Phi) is 4.38. The van der Waals surface area contributed by atoms with Gasteiger partial charge in [-0.3, -0.25) is 4.79 Å². The van der Waals surface area contributed by atoms with Gasteiger partial charge in [-0.25, -0.2) is 4.98 Å². The normalized spacial score (nSPS) is 10.3. The van der Waals surface area contributed by atoms with Crippen LogP contribution in [-0.4, -0.2) is 22.5 Å². The molecule has 0 unspecified atom stereocenters. The summed E-state index contributed by atoms with van der Waals surface area (Å²) in [6.45, 7) is 1.98. The Bertz CT molecular complexity index is 763. The third-order valence-corrected chi connectivity index (χ3v) is 3.37. The summed E-state index contributed by atoms with van der Waals surface area (Å²) in [5.74, 6) is 0.486. The van der Waals surface area contributed by atoms with E-state index in [2.05, 4.69) is 15.3 Å². The fourth-order valence-corrected chi connectivity index (χ4v) is 2.13. The SMILES string of the molecule is Cc1ccc(OCC(=O)Nc2ccc(-c3cnc[nH]3)cc2)cc1. The molecule has 1 aromatic heterocycles. The zero-order valence-corrected chi connectivity index (χ0v) is 12.7. The average molecular weight is 307 g/mol. The van der Waals surface area contributed by atoms with Gasteiger partial charge in [0.1, 0.15) is 5.75 Å². The molecule has 2 N–H and O–H groups in total. The molecule has 1 heterocycles. The monoisotopic (exact) mass is 307 g/mol. The Hall–Kier alpha value is -3.08. The van der Waals surface area contributed by atoms with Crippen LogP contribution in [0.3, 0.4) is 0 Å². The number of nitrogens with one attached hydrogen (secondary N) is 2. The van der Waals surface area contributed by atoms with Crippen molar-refractivity contribution < 1.29 is 9.53 Å². The van der Waals surface area contributed by atoms with Crippen LogP contribution in [0.15, 0.2) is 61.1 Å². The van der Waals surface area contributed by atoms with Gasteiger partial charge in [-0.15, -0.1) is 0 Å². The van der Waals surface area contributed by atoms with Crippen molar-refractivity contribution in [2.24, 2.45) is 0 Å². The van der Waals surface area contributed by atoms with Crippen molar-refractivity contribution in [1.29, 1.82) is 0 Å². The van der Waals surface area contributed by atoms with E-state index in [1.165, 1.54) is 0 Å². The molecule has 0 aliphatic carbocycles. The molecule has 23 heavy (non-hydrogen) atoms. The Labute approximate surface area is 134 Å². The van der Waals surface area contributed by atoms with E-state index >= 15 is 0 Å². The van der Waals surface area contributed by atoms with Crippen molar-refractivity contribution in [3.63, 3.8) is 0 Å². The molecule has 1 amide bonds. The minimum atomic E-state index is -0.195. The van der Waals surface area contributed by atoms with Gasteiger partial charge in [-0.05, 0) is 36.8 Å².